The molecule has 0 heterocycles. The predicted molar refractivity (Wildman–Crippen MR) is 41.2 cm³/mol. The van der Waals surface area contributed by atoms with E-state index in [1.54, 1.807) is 0 Å². The van der Waals surface area contributed by atoms with Gasteiger partial charge >= 0.3 is 37.7 Å². The number of carboxylic acid groups (broad SMARTS) is 2. The molecule has 0 spiro atoms. The Labute approximate surface area is 106 Å². The Balaban J connectivity index is 0.00000144. The van der Waals surface area contributed by atoms with Crippen LogP contribution >= 0.6 is 0 Å². The third kappa shape index (κ3) is 3.44. The number of rotatable bonds is 2. The zero-order valence-electron chi connectivity index (χ0n) is 7.32. The first-order chi connectivity index (χ1) is 5.63. The number of carboxylic acids is 2. The van der Waals surface area contributed by atoms with Crippen LogP contribution in [0, 0.1) is 11.8 Å². The third-order valence-electron chi connectivity index (χ3n) is 2.37. The summed E-state index contributed by atoms with van der Waals surface area (Å²) >= 11 is 0. The first-order valence-corrected chi connectivity index (χ1v) is 4.04. The number of aliphatic carboxylic acids is 2. The summed E-state index contributed by atoms with van der Waals surface area (Å²) in [6.07, 6.45) is 2.34. The molecular formula is C8H10CaO4. The van der Waals surface area contributed by atoms with Crippen LogP contribution in [0.1, 0.15) is 25.7 Å². The third-order valence-corrected chi connectivity index (χ3v) is 2.37. The van der Waals surface area contributed by atoms with E-state index in [1.165, 1.54) is 0 Å². The van der Waals surface area contributed by atoms with Crippen molar-refractivity contribution in [3.63, 3.8) is 0 Å². The summed E-state index contributed by atoms with van der Waals surface area (Å²) in [5.41, 5.74) is 0. The quantitative estimate of drug-likeness (QED) is 0.489. The van der Waals surface area contributed by atoms with E-state index in [0.717, 1.165) is 12.8 Å². The van der Waals surface area contributed by atoms with Crippen molar-refractivity contribution in [1.29, 1.82) is 0 Å². The second-order valence-corrected chi connectivity index (χ2v) is 3.14. The maximum Gasteiger partial charge on any atom is 2.00 e. The van der Waals surface area contributed by atoms with Gasteiger partial charge < -0.3 is 19.8 Å². The molecule has 0 aromatic rings. The largest absolute Gasteiger partial charge is 2.00 e. The van der Waals surface area contributed by atoms with Gasteiger partial charge in [-0.3, -0.25) is 0 Å². The molecule has 4 nitrogen and oxygen atoms in total. The van der Waals surface area contributed by atoms with Gasteiger partial charge in [0.1, 0.15) is 0 Å². The minimum Gasteiger partial charge on any atom is -0.550 e. The van der Waals surface area contributed by atoms with Crippen LogP contribution in [-0.4, -0.2) is 49.7 Å². The maximum atomic E-state index is 10.5. The standard InChI is InChI=1S/C8H12O4.Ca/c9-7(10)5-3-1-2-4-6(5)8(11)12;/h5-6H,1-4H2,(H,9,10)(H,11,12);/q;+2/p-2/t5-,6+;. The smallest absolute Gasteiger partial charge is 0.550 e. The molecule has 1 rings (SSSR count). The molecular weight excluding hydrogens is 200 g/mol. The normalized spacial score (nSPS) is 27.4. The van der Waals surface area contributed by atoms with Crippen LogP contribution in [0.3, 0.4) is 0 Å². The van der Waals surface area contributed by atoms with Gasteiger partial charge in [0.15, 0.2) is 0 Å². The van der Waals surface area contributed by atoms with E-state index in [0.29, 0.717) is 12.8 Å². The molecule has 68 valence electrons. The molecule has 5 heteroatoms. The summed E-state index contributed by atoms with van der Waals surface area (Å²) in [4.78, 5) is 20.9. The van der Waals surface area contributed by atoms with Gasteiger partial charge in [-0.1, -0.05) is 12.8 Å². The van der Waals surface area contributed by atoms with Crippen LogP contribution < -0.4 is 10.2 Å². The first-order valence-electron chi connectivity index (χ1n) is 4.04. The Hall–Kier alpha value is 0.200. The Morgan fingerprint density at radius 3 is 1.46 bits per heavy atom. The molecule has 0 radical (unpaired) electrons. The summed E-state index contributed by atoms with van der Waals surface area (Å²) in [5.74, 6) is -4.21. The predicted octanol–water partition coefficient (Wildman–Crippen LogP) is -2.09. The second kappa shape index (κ2) is 5.83. The molecule has 0 aromatic heterocycles. The average molecular weight is 210 g/mol. The summed E-state index contributed by atoms with van der Waals surface area (Å²) in [6.45, 7) is 0. The summed E-state index contributed by atoms with van der Waals surface area (Å²) in [7, 11) is 0. The van der Waals surface area contributed by atoms with Crippen molar-refractivity contribution in [3.05, 3.63) is 0 Å². The number of hydrogen-bond acceptors (Lipinski definition) is 4. The van der Waals surface area contributed by atoms with Crippen LogP contribution in [0.15, 0.2) is 0 Å². The van der Waals surface area contributed by atoms with E-state index in [9.17, 15) is 19.8 Å². The van der Waals surface area contributed by atoms with Crippen LogP contribution in [0.2, 0.25) is 0 Å². The van der Waals surface area contributed by atoms with Gasteiger partial charge in [-0.2, -0.15) is 0 Å². The minimum absolute atomic E-state index is 0. The van der Waals surface area contributed by atoms with E-state index in [1.807, 2.05) is 0 Å². The number of carbonyl (C=O) groups is 2. The van der Waals surface area contributed by atoms with Gasteiger partial charge in [0.05, 0.1) is 0 Å². The van der Waals surface area contributed by atoms with Gasteiger partial charge in [0.2, 0.25) is 0 Å². The van der Waals surface area contributed by atoms with Crippen LogP contribution in [-0.2, 0) is 9.59 Å². The number of hydrogen-bond donors (Lipinski definition) is 0. The molecule has 0 unspecified atom stereocenters. The van der Waals surface area contributed by atoms with Gasteiger partial charge in [-0.15, -0.1) is 0 Å². The Morgan fingerprint density at radius 1 is 0.923 bits per heavy atom. The molecule has 0 amide bonds. The fraction of sp³-hybridized carbons (Fsp3) is 0.750. The van der Waals surface area contributed by atoms with Gasteiger partial charge in [0.25, 0.3) is 0 Å². The molecule has 0 aliphatic heterocycles. The molecule has 0 saturated heterocycles. The van der Waals surface area contributed by atoms with Crippen molar-refractivity contribution in [2.75, 3.05) is 0 Å². The average Bonchev–Trinajstić information content (AvgIpc) is 2.04. The van der Waals surface area contributed by atoms with Crippen molar-refractivity contribution in [2.45, 2.75) is 25.7 Å². The SMILES string of the molecule is O=C([O-])[C@H]1CCCC[C@H]1C(=O)[O-].[Ca+2]. The molecule has 0 N–H and O–H groups in total. The summed E-state index contributed by atoms with van der Waals surface area (Å²) < 4.78 is 0. The topological polar surface area (TPSA) is 80.3 Å². The van der Waals surface area contributed by atoms with Gasteiger partial charge in [0, 0.05) is 23.8 Å². The maximum absolute atomic E-state index is 10.5. The fourth-order valence-corrected chi connectivity index (χ4v) is 1.70. The molecule has 0 bridgehead atoms. The molecule has 1 aliphatic carbocycles. The molecule has 13 heavy (non-hydrogen) atoms. The minimum atomic E-state index is -1.26. The van der Waals surface area contributed by atoms with Crippen LogP contribution in [0.5, 0.6) is 0 Å². The summed E-state index contributed by atoms with van der Waals surface area (Å²) in [5, 5.41) is 20.9. The Bertz CT molecular complexity index is 182. The van der Waals surface area contributed by atoms with E-state index < -0.39 is 23.8 Å². The van der Waals surface area contributed by atoms with Crippen molar-refractivity contribution in [1.82, 2.24) is 0 Å². The zero-order valence-corrected chi connectivity index (χ0v) is 9.53. The van der Waals surface area contributed by atoms with Crippen molar-refractivity contribution < 1.29 is 19.8 Å². The van der Waals surface area contributed by atoms with Gasteiger partial charge in [-0.05, 0) is 12.8 Å². The molecule has 1 aliphatic rings. The van der Waals surface area contributed by atoms with E-state index >= 15 is 0 Å². The molecule has 1 saturated carbocycles. The monoisotopic (exact) mass is 210 g/mol. The Morgan fingerprint density at radius 2 is 1.23 bits per heavy atom. The zero-order chi connectivity index (χ0) is 9.14. The van der Waals surface area contributed by atoms with E-state index in [-0.39, 0.29) is 37.7 Å². The first kappa shape index (κ1) is 13.2. The van der Waals surface area contributed by atoms with Crippen molar-refractivity contribution in [2.24, 2.45) is 11.8 Å². The second-order valence-electron chi connectivity index (χ2n) is 3.14. The summed E-state index contributed by atoms with van der Waals surface area (Å²) in [6, 6.07) is 0. The molecule has 2 atom stereocenters. The van der Waals surface area contributed by atoms with Crippen molar-refractivity contribution >= 4 is 49.7 Å². The van der Waals surface area contributed by atoms with E-state index in [2.05, 4.69) is 0 Å². The van der Waals surface area contributed by atoms with E-state index in [4.69, 9.17) is 0 Å². The van der Waals surface area contributed by atoms with Crippen molar-refractivity contribution in [3.8, 4) is 0 Å². The molecule has 1 fully saturated rings. The molecule has 0 aromatic carbocycles. The number of carbonyl (C=O) groups excluding carboxylic acids is 2. The van der Waals surface area contributed by atoms with Crippen LogP contribution in [0.4, 0.5) is 0 Å². The van der Waals surface area contributed by atoms with Gasteiger partial charge in [-0.25, -0.2) is 0 Å². The van der Waals surface area contributed by atoms with Crippen LogP contribution in [0.25, 0.3) is 0 Å². The Kier molecular flexibility index (Phi) is 5.92. The fourth-order valence-electron chi connectivity index (χ4n) is 1.70.